The van der Waals surface area contributed by atoms with Gasteiger partial charge in [0, 0.05) is 25.8 Å². The van der Waals surface area contributed by atoms with Crippen molar-refractivity contribution in [3.63, 3.8) is 0 Å². The van der Waals surface area contributed by atoms with Gasteiger partial charge >= 0.3 is 6.09 Å². The predicted molar refractivity (Wildman–Crippen MR) is 102 cm³/mol. The fourth-order valence-corrected chi connectivity index (χ4v) is 3.69. The van der Waals surface area contributed by atoms with Crippen molar-refractivity contribution >= 4 is 11.9 Å². The zero-order valence-electron chi connectivity index (χ0n) is 16.5. The molecule has 0 aromatic carbocycles. The molecule has 0 N–H and O–H groups in total. The molecule has 0 bridgehead atoms. The largest absolute Gasteiger partial charge is 0.444 e. The van der Waals surface area contributed by atoms with Crippen LogP contribution in [0.1, 0.15) is 57.2 Å². The highest BCUT2D eigenvalue weighted by Crippen LogP contribution is 2.33. The van der Waals surface area contributed by atoms with Crippen molar-refractivity contribution in [1.82, 2.24) is 9.88 Å². The summed E-state index contributed by atoms with van der Waals surface area (Å²) < 4.78 is 11.1. The van der Waals surface area contributed by atoms with Crippen molar-refractivity contribution in [2.75, 3.05) is 37.7 Å². The Morgan fingerprint density at radius 3 is 2.62 bits per heavy atom. The molecule has 2 aliphatic rings. The number of nitrogens with zero attached hydrogens (tertiary/aromatic N) is 3. The zero-order chi connectivity index (χ0) is 18.7. The Morgan fingerprint density at radius 2 is 1.96 bits per heavy atom. The van der Waals surface area contributed by atoms with Crippen LogP contribution in [0.4, 0.5) is 10.6 Å². The summed E-state index contributed by atoms with van der Waals surface area (Å²) in [4.78, 5) is 21.5. The first-order chi connectivity index (χ1) is 12.3. The molecule has 2 fully saturated rings. The number of carbonyl (C=O) groups excluding carboxylic acids is 1. The van der Waals surface area contributed by atoms with Crippen LogP contribution in [0.25, 0.3) is 0 Å². The summed E-state index contributed by atoms with van der Waals surface area (Å²) in [5.74, 6) is 1.02. The summed E-state index contributed by atoms with van der Waals surface area (Å²) in [6.45, 7) is 11.8. The number of morpholine rings is 1. The summed E-state index contributed by atoms with van der Waals surface area (Å²) in [5, 5.41) is 0. The van der Waals surface area contributed by atoms with Gasteiger partial charge < -0.3 is 19.3 Å². The van der Waals surface area contributed by atoms with E-state index in [-0.39, 0.29) is 12.1 Å². The van der Waals surface area contributed by atoms with Gasteiger partial charge in [0.25, 0.3) is 0 Å². The molecule has 0 radical (unpaired) electrons. The molecule has 0 saturated carbocycles. The van der Waals surface area contributed by atoms with Gasteiger partial charge in [0.1, 0.15) is 11.4 Å². The molecular weight excluding hydrogens is 330 g/mol. The highest BCUT2D eigenvalue weighted by Gasteiger charge is 2.32. The Kier molecular flexibility index (Phi) is 5.70. The summed E-state index contributed by atoms with van der Waals surface area (Å²) in [6, 6.07) is 2.23. The summed E-state index contributed by atoms with van der Waals surface area (Å²) in [6.07, 6.45) is 4.81. The van der Waals surface area contributed by atoms with Gasteiger partial charge in [0.05, 0.1) is 19.3 Å². The minimum Gasteiger partial charge on any atom is -0.444 e. The lowest BCUT2D eigenvalue weighted by atomic mass is 9.96. The van der Waals surface area contributed by atoms with Crippen LogP contribution in [0.3, 0.4) is 0 Å². The van der Waals surface area contributed by atoms with Crippen LogP contribution < -0.4 is 4.90 Å². The number of aromatic nitrogens is 1. The second-order valence-electron chi connectivity index (χ2n) is 8.19. The Labute approximate surface area is 156 Å². The van der Waals surface area contributed by atoms with Gasteiger partial charge in [-0.15, -0.1) is 0 Å². The third-order valence-corrected chi connectivity index (χ3v) is 4.90. The van der Waals surface area contributed by atoms with Gasteiger partial charge in [-0.2, -0.15) is 0 Å². The smallest absolute Gasteiger partial charge is 0.410 e. The Balaban J connectivity index is 1.79. The lowest BCUT2D eigenvalue weighted by Crippen LogP contribution is -2.42. The first-order valence-electron chi connectivity index (χ1n) is 9.64. The van der Waals surface area contributed by atoms with E-state index in [1.807, 2.05) is 31.9 Å². The lowest BCUT2D eigenvalue weighted by molar-refractivity contribution is 0.00947. The summed E-state index contributed by atoms with van der Waals surface area (Å²) in [5.41, 5.74) is 1.78. The first-order valence-corrected chi connectivity index (χ1v) is 9.64. The first kappa shape index (κ1) is 19.0. The number of aryl methyl sites for hydroxylation is 1. The molecule has 3 rings (SSSR count). The Hall–Kier alpha value is -1.82. The van der Waals surface area contributed by atoms with Crippen molar-refractivity contribution in [3.8, 4) is 0 Å². The van der Waals surface area contributed by atoms with Crippen molar-refractivity contribution < 1.29 is 14.3 Å². The molecule has 144 valence electrons. The maximum atomic E-state index is 12.7. The van der Waals surface area contributed by atoms with Crippen LogP contribution in [0.15, 0.2) is 12.3 Å². The van der Waals surface area contributed by atoms with Gasteiger partial charge in [-0.1, -0.05) is 0 Å². The van der Waals surface area contributed by atoms with Crippen LogP contribution in [0.5, 0.6) is 0 Å². The summed E-state index contributed by atoms with van der Waals surface area (Å²) >= 11 is 0. The van der Waals surface area contributed by atoms with E-state index >= 15 is 0 Å². The van der Waals surface area contributed by atoms with Gasteiger partial charge in [0.15, 0.2) is 0 Å². The van der Waals surface area contributed by atoms with Gasteiger partial charge in [0.2, 0.25) is 0 Å². The molecule has 2 aliphatic heterocycles. The van der Waals surface area contributed by atoms with Gasteiger partial charge in [-0.25, -0.2) is 9.78 Å². The maximum Gasteiger partial charge on any atom is 0.410 e. The quantitative estimate of drug-likeness (QED) is 0.804. The monoisotopic (exact) mass is 361 g/mol. The molecule has 1 amide bonds. The van der Waals surface area contributed by atoms with E-state index in [1.165, 1.54) is 0 Å². The number of rotatable bonds is 2. The number of hydrogen-bond donors (Lipinski definition) is 0. The van der Waals surface area contributed by atoms with E-state index < -0.39 is 5.60 Å². The molecule has 0 aliphatic carbocycles. The van der Waals surface area contributed by atoms with Gasteiger partial charge in [-0.3, -0.25) is 0 Å². The number of hydrogen-bond acceptors (Lipinski definition) is 5. The van der Waals surface area contributed by atoms with Crippen LogP contribution in [-0.2, 0) is 9.47 Å². The number of piperidine rings is 1. The molecule has 1 atom stereocenters. The third-order valence-electron chi connectivity index (χ3n) is 4.90. The normalized spacial score (nSPS) is 21.6. The van der Waals surface area contributed by atoms with E-state index in [0.717, 1.165) is 69.1 Å². The van der Waals surface area contributed by atoms with Crippen LogP contribution >= 0.6 is 0 Å². The van der Waals surface area contributed by atoms with Gasteiger partial charge in [-0.05, 0) is 64.2 Å². The van der Waals surface area contributed by atoms with Crippen LogP contribution in [-0.4, -0.2) is 54.4 Å². The third kappa shape index (κ3) is 4.47. The molecule has 26 heavy (non-hydrogen) atoms. The van der Waals surface area contributed by atoms with E-state index in [4.69, 9.17) is 14.5 Å². The van der Waals surface area contributed by atoms with Crippen LogP contribution in [0.2, 0.25) is 0 Å². The predicted octanol–water partition coefficient (Wildman–Crippen LogP) is 3.69. The lowest BCUT2D eigenvalue weighted by Gasteiger charge is -2.37. The molecule has 1 aromatic heterocycles. The highest BCUT2D eigenvalue weighted by atomic mass is 16.6. The van der Waals surface area contributed by atoms with Crippen molar-refractivity contribution in [3.05, 3.63) is 23.4 Å². The standard InChI is InChI=1S/C20H31N3O3/c1-15-13-16(14-21-18(15)22-9-11-25-12-10-22)17-7-5-6-8-23(17)19(24)26-20(2,3)4/h13-14,17H,5-12H2,1-4H3. The van der Waals surface area contributed by atoms with E-state index in [9.17, 15) is 4.79 Å². The topological polar surface area (TPSA) is 54.9 Å². The molecule has 0 spiro atoms. The van der Waals surface area contributed by atoms with E-state index in [0.29, 0.717) is 0 Å². The molecule has 3 heterocycles. The van der Waals surface area contributed by atoms with E-state index in [2.05, 4.69) is 17.9 Å². The maximum absolute atomic E-state index is 12.7. The van der Waals surface area contributed by atoms with E-state index in [1.54, 1.807) is 0 Å². The minimum absolute atomic E-state index is 0.0449. The van der Waals surface area contributed by atoms with Crippen LogP contribution in [0, 0.1) is 6.92 Å². The van der Waals surface area contributed by atoms with Crippen molar-refractivity contribution in [2.45, 2.75) is 58.6 Å². The fraction of sp³-hybridized carbons (Fsp3) is 0.700. The minimum atomic E-state index is -0.479. The number of anilines is 1. The SMILES string of the molecule is Cc1cc(C2CCCCN2C(=O)OC(C)(C)C)cnc1N1CCOCC1. The molecule has 1 aromatic rings. The van der Waals surface area contributed by atoms with Crippen molar-refractivity contribution in [2.24, 2.45) is 0 Å². The molecule has 2 saturated heterocycles. The zero-order valence-corrected chi connectivity index (χ0v) is 16.5. The number of carbonyl (C=O) groups is 1. The van der Waals surface area contributed by atoms with Crippen molar-refractivity contribution in [1.29, 1.82) is 0 Å². The molecule has 6 nitrogen and oxygen atoms in total. The average Bonchev–Trinajstić information content (AvgIpc) is 2.61. The fourth-order valence-electron chi connectivity index (χ4n) is 3.69. The number of ether oxygens (including phenoxy) is 2. The number of likely N-dealkylation sites (tertiary alicyclic amines) is 1. The Bertz CT molecular complexity index is 636. The molecule has 1 unspecified atom stereocenters. The molecular formula is C20H31N3O3. The average molecular weight is 361 g/mol. The number of amides is 1. The second kappa shape index (κ2) is 7.82. The number of pyridine rings is 1. The Morgan fingerprint density at radius 1 is 1.23 bits per heavy atom. The summed E-state index contributed by atoms with van der Waals surface area (Å²) in [7, 11) is 0. The second-order valence-corrected chi connectivity index (χ2v) is 8.19. The molecule has 6 heteroatoms. The highest BCUT2D eigenvalue weighted by molar-refractivity contribution is 5.69.